The first-order valence-corrected chi connectivity index (χ1v) is 7.04. The van der Waals surface area contributed by atoms with Gasteiger partial charge in [0, 0.05) is 18.3 Å². The van der Waals surface area contributed by atoms with E-state index in [9.17, 15) is 0 Å². The molecule has 1 rings (SSSR count). The molecule has 1 heterocycles. The predicted octanol–water partition coefficient (Wildman–Crippen LogP) is 2.17. The molecule has 5 heteroatoms. The van der Waals surface area contributed by atoms with Gasteiger partial charge in [-0.2, -0.15) is 0 Å². The van der Waals surface area contributed by atoms with Crippen molar-refractivity contribution in [2.24, 2.45) is 5.73 Å². The van der Waals surface area contributed by atoms with Crippen molar-refractivity contribution in [1.82, 2.24) is 9.88 Å². The van der Waals surface area contributed by atoms with Crippen LogP contribution in [0, 0.1) is 6.92 Å². The van der Waals surface area contributed by atoms with E-state index in [-0.39, 0.29) is 0 Å². The van der Waals surface area contributed by atoms with Gasteiger partial charge >= 0.3 is 0 Å². The van der Waals surface area contributed by atoms with E-state index in [4.69, 9.17) is 18.0 Å². The van der Waals surface area contributed by atoms with Crippen LogP contribution in [0.4, 0.5) is 5.82 Å². The van der Waals surface area contributed by atoms with Gasteiger partial charge in [0.25, 0.3) is 0 Å². The van der Waals surface area contributed by atoms with Gasteiger partial charge in [0.2, 0.25) is 0 Å². The number of hydrogen-bond acceptors (Lipinski definition) is 4. The summed E-state index contributed by atoms with van der Waals surface area (Å²) in [6.07, 6.45) is 1.06. The van der Waals surface area contributed by atoms with Gasteiger partial charge in [-0.1, -0.05) is 12.2 Å². The molecule has 0 aromatic carbocycles. The monoisotopic (exact) mass is 280 g/mol. The molecular weight excluding hydrogens is 256 g/mol. The first-order valence-electron chi connectivity index (χ1n) is 6.63. The Hall–Kier alpha value is -1.20. The maximum absolute atomic E-state index is 5.70. The topological polar surface area (TPSA) is 54.2 Å². The molecule has 0 unspecified atom stereocenters. The van der Waals surface area contributed by atoms with Gasteiger partial charge in [-0.15, -0.1) is 0 Å². The first-order chi connectivity index (χ1) is 8.91. The van der Waals surface area contributed by atoms with Crippen LogP contribution in [0.2, 0.25) is 0 Å². The van der Waals surface area contributed by atoms with E-state index in [0.29, 0.717) is 11.0 Å². The number of aromatic nitrogens is 1. The lowest BCUT2D eigenvalue weighted by molar-refractivity contribution is 0.273. The van der Waals surface area contributed by atoms with Crippen molar-refractivity contribution in [3.63, 3.8) is 0 Å². The smallest absolute Gasteiger partial charge is 0.136 e. The Morgan fingerprint density at radius 3 is 2.74 bits per heavy atom. The lowest BCUT2D eigenvalue weighted by atomic mass is 10.2. The van der Waals surface area contributed by atoms with Gasteiger partial charge in [-0.05, 0) is 52.9 Å². The number of nitrogens with two attached hydrogens (primary N) is 1. The molecule has 0 aliphatic heterocycles. The summed E-state index contributed by atoms with van der Waals surface area (Å²) in [5, 5.41) is 3.32. The molecule has 19 heavy (non-hydrogen) atoms. The van der Waals surface area contributed by atoms with Crippen molar-refractivity contribution in [1.29, 1.82) is 0 Å². The minimum absolute atomic E-state index is 0.384. The molecule has 0 atom stereocenters. The lowest BCUT2D eigenvalue weighted by Crippen LogP contribution is -2.28. The second kappa shape index (κ2) is 7.40. The Kier molecular flexibility index (Phi) is 6.18. The highest BCUT2D eigenvalue weighted by molar-refractivity contribution is 7.80. The molecule has 0 aliphatic carbocycles. The summed E-state index contributed by atoms with van der Waals surface area (Å²) >= 11 is 5.04. The third-order valence-electron chi connectivity index (χ3n) is 3.16. The number of aryl methyl sites for hydroxylation is 1. The molecular formula is C14H24N4S. The van der Waals surface area contributed by atoms with Crippen molar-refractivity contribution in [2.45, 2.75) is 33.2 Å². The zero-order chi connectivity index (χ0) is 14.4. The Morgan fingerprint density at radius 2 is 2.16 bits per heavy atom. The van der Waals surface area contributed by atoms with E-state index < -0.39 is 0 Å². The van der Waals surface area contributed by atoms with Crippen LogP contribution >= 0.6 is 12.2 Å². The Bertz CT molecular complexity index is 431. The van der Waals surface area contributed by atoms with Crippen molar-refractivity contribution >= 4 is 23.0 Å². The molecule has 0 spiro atoms. The molecule has 3 N–H and O–H groups in total. The number of nitrogens with zero attached hydrogens (tertiary/aromatic N) is 2. The average molecular weight is 280 g/mol. The second-order valence-corrected chi connectivity index (χ2v) is 5.51. The predicted molar refractivity (Wildman–Crippen MR) is 85.7 cm³/mol. The molecule has 0 saturated heterocycles. The molecule has 106 valence electrons. The Balaban J connectivity index is 2.53. The summed E-state index contributed by atoms with van der Waals surface area (Å²) in [5.41, 5.74) is 7.48. The summed E-state index contributed by atoms with van der Waals surface area (Å²) in [6, 6.07) is 4.42. The normalized spacial score (nSPS) is 11.1. The van der Waals surface area contributed by atoms with Gasteiger partial charge in [0.15, 0.2) is 0 Å². The van der Waals surface area contributed by atoms with E-state index in [2.05, 4.69) is 36.1 Å². The van der Waals surface area contributed by atoms with Gasteiger partial charge in [0.05, 0.1) is 5.56 Å². The first kappa shape index (κ1) is 15.9. The van der Waals surface area contributed by atoms with E-state index in [0.717, 1.165) is 36.6 Å². The van der Waals surface area contributed by atoms with Crippen LogP contribution in [0.3, 0.4) is 0 Å². The quantitative estimate of drug-likeness (QED) is 0.592. The van der Waals surface area contributed by atoms with Crippen LogP contribution in [0.1, 0.15) is 31.5 Å². The number of pyridine rings is 1. The summed E-state index contributed by atoms with van der Waals surface area (Å²) in [7, 11) is 2.13. The van der Waals surface area contributed by atoms with Crippen molar-refractivity contribution in [2.75, 3.05) is 25.5 Å². The SMILES string of the molecule is Cc1ccc(C(N)=S)c(NCCCN(C)C(C)C)n1. The largest absolute Gasteiger partial charge is 0.389 e. The molecule has 0 saturated carbocycles. The third kappa shape index (κ3) is 5.12. The third-order valence-corrected chi connectivity index (χ3v) is 3.38. The van der Waals surface area contributed by atoms with E-state index in [1.807, 2.05) is 19.1 Å². The zero-order valence-corrected chi connectivity index (χ0v) is 13.0. The summed E-state index contributed by atoms with van der Waals surface area (Å²) in [6.45, 7) is 8.27. The number of thiocarbonyl (C=S) groups is 1. The van der Waals surface area contributed by atoms with Crippen LogP contribution in [0.15, 0.2) is 12.1 Å². The van der Waals surface area contributed by atoms with Gasteiger partial charge in [-0.3, -0.25) is 0 Å². The molecule has 0 amide bonds. The van der Waals surface area contributed by atoms with Crippen LogP contribution in [-0.2, 0) is 0 Å². The lowest BCUT2D eigenvalue weighted by Gasteiger charge is -2.21. The fourth-order valence-corrected chi connectivity index (χ4v) is 1.85. The maximum Gasteiger partial charge on any atom is 0.136 e. The van der Waals surface area contributed by atoms with Crippen LogP contribution in [-0.4, -0.2) is 41.1 Å². The maximum atomic E-state index is 5.70. The van der Waals surface area contributed by atoms with Gasteiger partial charge < -0.3 is 16.0 Å². The highest BCUT2D eigenvalue weighted by atomic mass is 32.1. The molecule has 1 aromatic heterocycles. The van der Waals surface area contributed by atoms with E-state index >= 15 is 0 Å². The highest BCUT2D eigenvalue weighted by Crippen LogP contribution is 2.13. The molecule has 4 nitrogen and oxygen atoms in total. The summed E-state index contributed by atoms with van der Waals surface area (Å²) in [5.74, 6) is 0.791. The average Bonchev–Trinajstić information content (AvgIpc) is 2.33. The van der Waals surface area contributed by atoms with Crippen LogP contribution in [0.25, 0.3) is 0 Å². The van der Waals surface area contributed by atoms with Crippen molar-refractivity contribution in [3.05, 3.63) is 23.4 Å². The van der Waals surface area contributed by atoms with Crippen LogP contribution < -0.4 is 11.1 Å². The van der Waals surface area contributed by atoms with Crippen molar-refractivity contribution in [3.8, 4) is 0 Å². The second-order valence-electron chi connectivity index (χ2n) is 5.07. The fourth-order valence-electron chi connectivity index (χ4n) is 1.68. The number of rotatable bonds is 7. The molecule has 0 fully saturated rings. The Morgan fingerprint density at radius 1 is 1.47 bits per heavy atom. The van der Waals surface area contributed by atoms with Crippen LogP contribution in [0.5, 0.6) is 0 Å². The highest BCUT2D eigenvalue weighted by Gasteiger charge is 2.07. The van der Waals surface area contributed by atoms with E-state index in [1.165, 1.54) is 0 Å². The van der Waals surface area contributed by atoms with Gasteiger partial charge in [-0.25, -0.2) is 4.98 Å². The zero-order valence-electron chi connectivity index (χ0n) is 12.2. The summed E-state index contributed by atoms with van der Waals surface area (Å²) in [4.78, 5) is 7.16. The van der Waals surface area contributed by atoms with Crippen molar-refractivity contribution < 1.29 is 0 Å². The van der Waals surface area contributed by atoms with Gasteiger partial charge in [0.1, 0.15) is 10.8 Å². The van der Waals surface area contributed by atoms with E-state index in [1.54, 1.807) is 0 Å². The number of hydrogen-bond donors (Lipinski definition) is 2. The minimum atomic E-state index is 0.384. The molecule has 0 radical (unpaired) electrons. The standard InChI is InChI=1S/C14H24N4S/c1-10(2)18(4)9-5-8-16-14-12(13(15)19)7-6-11(3)17-14/h6-7,10H,5,8-9H2,1-4H3,(H2,15,19)(H,16,17). The number of nitrogens with one attached hydrogen (secondary N) is 1. The summed E-state index contributed by atoms with van der Waals surface area (Å²) < 4.78 is 0. The molecule has 0 bridgehead atoms. The minimum Gasteiger partial charge on any atom is -0.389 e. The molecule has 1 aromatic rings. The number of anilines is 1. The fraction of sp³-hybridized carbons (Fsp3) is 0.571. The molecule has 0 aliphatic rings. The Labute approximate surface area is 121 Å².